The fourth-order valence-electron chi connectivity index (χ4n) is 4.12. The molecule has 9 heteroatoms. The van der Waals surface area contributed by atoms with Gasteiger partial charge in [-0.3, -0.25) is 4.99 Å². The minimum atomic E-state index is 0. The summed E-state index contributed by atoms with van der Waals surface area (Å²) in [6.45, 7) is 4.47. The molecule has 1 aliphatic carbocycles. The lowest BCUT2D eigenvalue weighted by Crippen LogP contribution is -2.47. The predicted octanol–water partition coefficient (Wildman–Crippen LogP) is 3.56. The van der Waals surface area contributed by atoms with Gasteiger partial charge in [0.25, 0.3) is 0 Å². The lowest BCUT2D eigenvalue weighted by Gasteiger charge is -2.42. The van der Waals surface area contributed by atoms with Crippen LogP contribution in [0.4, 0.5) is 5.82 Å². The zero-order chi connectivity index (χ0) is 23.0. The summed E-state index contributed by atoms with van der Waals surface area (Å²) in [5.41, 5.74) is 9.75. The first-order chi connectivity index (χ1) is 15.5. The Labute approximate surface area is 214 Å². The first kappa shape index (κ1) is 26.9. The normalized spacial score (nSPS) is 14.7. The number of nitriles is 1. The quantitative estimate of drug-likeness (QED) is 0.176. The number of nitrogen functional groups attached to an aromatic ring is 1. The summed E-state index contributed by atoms with van der Waals surface area (Å²) in [5.74, 6) is 1.19. The Hall–Kier alpha value is -2.32. The molecule has 1 saturated carbocycles. The molecule has 180 valence electrons. The van der Waals surface area contributed by atoms with Gasteiger partial charge in [-0.15, -0.1) is 24.0 Å². The van der Waals surface area contributed by atoms with Crippen molar-refractivity contribution in [2.24, 2.45) is 10.4 Å². The predicted molar refractivity (Wildman–Crippen MR) is 143 cm³/mol. The summed E-state index contributed by atoms with van der Waals surface area (Å²) in [4.78, 5) is 4.34. The number of rotatable bonds is 10. The molecule has 33 heavy (non-hydrogen) atoms. The molecule has 1 heterocycles. The number of hydrogen-bond acceptors (Lipinski definition) is 5. The minimum absolute atomic E-state index is 0. The number of aromatic nitrogens is 2. The lowest BCUT2D eigenvalue weighted by atomic mass is 9.67. The molecule has 0 spiro atoms. The Balaban J connectivity index is 0.00000385. The van der Waals surface area contributed by atoms with Gasteiger partial charge >= 0.3 is 0 Å². The number of nitrogens with zero attached hydrogens (tertiary/aromatic N) is 4. The van der Waals surface area contributed by atoms with Gasteiger partial charge in [-0.25, -0.2) is 4.68 Å². The van der Waals surface area contributed by atoms with Gasteiger partial charge in [-0.2, -0.15) is 10.4 Å². The third-order valence-corrected chi connectivity index (χ3v) is 6.37. The molecule has 0 aliphatic heterocycles. The first-order valence-electron chi connectivity index (χ1n) is 11.3. The van der Waals surface area contributed by atoms with Crippen LogP contribution in [0.3, 0.4) is 0 Å². The zero-order valence-corrected chi connectivity index (χ0v) is 22.2. The van der Waals surface area contributed by atoms with E-state index < -0.39 is 0 Å². The molecule has 0 radical (unpaired) electrons. The Morgan fingerprint density at radius 1 is 1.30 bits per heavy atom. The van der Waals surface area contributed by atoms with Crippen molar-refractivity contribution in [2.45, 2.75) is 45.4 Å². The van der Waals surface area contributed by atoms with Gasteiger partial charge in [-0.05, 0) is 56.6 Å². The van der Waals surface area contributed by atoms with Crippen molar-refractivity contribution in [3.63, 3.8) is 0 Å². The molecule has 0 amide bonds. The molecule has 0 saturated heterocycles. The second-order valence-electron chi connectivity index (χ2n) is 8.62. The molecule has 0 atom stereocenters. The smallest absolute Gasteiger partial charge is 0.190 e. The molecule has 0 bridgehead atoms. The van der Waals surface area contributed by atoms with Crippen molar-refractivity contribution < 1.29 is 4.74 Å². The monoisotopic (exact) mass is 565 g/mol. The Kier molecular flexibility index (Phi) is 10.4. The van der Waals surface area contributed by atoms with E-state index in [2.05, 4.69) is 26.8 Å². The van der Waals surface area contributed by atoms with Crippen molar-refractivity contribution in [1.82, 2.24) is 20.4 Å². The number of nitrogens with two attached hydrogens (primary N) is 1. The first-order valence-corrected chi connectivity index (χ1v) is 11.3. The molecule has 2 aromatic rings. The molecule has 1 fully saturated rings. The Bertz CT molecular complexity index is 958. The van der Waals surface area contributed by atoms with Crippen LogP contribution in [0, 0.1) is 23.7 Å². The van der Waals surface area contributed by atoms with Gasteiger partial charge in [-0.1, -0.05) is 24.1 Å². The van der Waals surface area contributed by atoms with Crippen molar-refractivity contribution in [3.8, 4) is 11.8 Å². The Morgan fingerprint density at radius 2 is 2.03 bits per heavy atom. The summed E-state index contributed by atoms with van der Waals surface area (Å²) in [6, 6.07) is 10.2. The molecular formula is C24H36IN7O. The summed E-state index contributed by atoms with van der Waals surface area (Å²) >= 11 is 0. The van der Waals surface area contributed by atoms with Crippen LogP contribution >= 0.6 is 24.0 Å². The van der Waals surface area contributed by atoms with E-state index in [-0.39, 0.29) is 24.0 Å². The average molecular weight is 566 g/mol. The van der Waals surface area contributed by atoms with E-state index in [4.69, 9.17) is 10.5 Å². The third-order valence-electron chi connectivity index (χ3n) is 6.37. The second-order valence-corrected chi connectivity index (χ2v) is 8.62. The molecule has 8 nitrogen and oxygen atoms in total. The van der Waals surface area contributed by atoms with E-state index >= 15 is 0 Å². The summed E-state index contributed by atoms with van der Waals surface area (Å²) in [6.07, 6.45) is 6.32. The van der Waals surface area contributed by atoms with Crippen LogP contribution < -0.4 is 16.4 Å². The van der Waals surface area contributed by atoms with E-state index in [0.29, 0.717) is 23.2 Å². The highest BCUT2D eigenvalue weighted by molar-refractivity contribution is 14.0. The maximum Gasteiger partial charge on any atom is 0.190 e. The van der Waals surface area contributed by atoms with Gasteiger partial charge in [0.15, 0.2) is 5.96 Å². The van der Waals surface area contributed by atoms with Crippen LogP contribution in [0.5, 0.6) is 0 Å². The van der Waals surface area contributed by atoms with E-state index in [1.165, 1.54) is 19.3 Å². The molecule has 1 aliphatic rings. The van der Waals surface area contributed by atoms with Crippen molar-refractivity contribution in [2.75, 3.05) is 39.6 Å². The van der Waals surface area contributed by atoms with E-state index in [1.807, 2.05) is 31.2 Å². The topological polar surface area (TPSA) is 113 Å². The molecular weight excluding hydrogens is 529 g/mol. The van der Waals surface area contributed by atoms with Crippen molar-refractivity contribution in [1.29, 1.82) is 5.26 Å². The van der Waals surface area contributed by atoms with Crippen LogP contribution in [0.15, 0.2) is 29.3 Å². The van der Waals surface area contributed by atoms with Crippen LogP contribution in [-0.4, -0.2) is 49.6 Å². The standard InChI is InChI=1S/C24H35N7O.HI/c1-18-7-9-19(10-8-18)31-22(26)20(16-25)21(30-31)6-4-14-28-23(27-2)29-17-24(11-5-12-24)13-15-32-3;/h7-10H,4-6,11-15,17,26H2,1-3H3,(H2,27,28,29);1H. The SMILES string of the molecule is CN=C(NCCCc1nn(-c2ccc(C)cc2)c(N)c1C#N)NCC1(CCOC)CCC1.I. The van der Waals surface area contributed by atoms with Gasteiger partial charge in [0.2, 0.25) is 0 Å². The number of benzene rings is 1. The van der Waals surface area contributed by atoms with E-state index in [0.717, 1.165) is 55.4 Å². The van der Waals surface area contributed by atoms with E-state index in [1.54, 1.807) is 18.8 Å². The summed E-state index contributed by atoms with van der Waals surface area (Å²) in [5, 5.41) is 21.0. The lowest BCUT2D eigenvalue weighted by molar-refractivity contribution is 0.0732. The van der Waals surface area contributed by atoms with Gasteiger partial charge < -0.3 is 21.1 Å². The second kappa shape index (κ2) is 12.8. The maximum atomic E-state index is 9.59. The number of aliphatic imine (C=N–C) groups is 1. The van der Waals surface area contributed by atoms with Crippen molar-refractivity contribution >= 4 is 35.8 Å². The van der Waals surface area contributed by atoms with Gasteiger partial charge in [0.05, 0.1) is 11.4 Å². The largest absolute Gasteiger partial charge is 0.385 e. The fraction of sp³-hybridized carbons (Fsp3) is 0.542. The number of nitrogens with one attached hydrogen (secondary N) is 2. The highest BCUT2D eigenvalue weighted by Crippen LogP contribution is 2.43. The van der Waals surface area contributed by atoms with Gasteiger partial charge in [0, 0.05) is 33.9 Å². The minimum Gasteiger partial charge on any atom is -0.385 e. The number of hydrogen-bond donors (Lipinski definition) is 3. The number of anilines is 1. The molecule has 3 rings (SSSR count). The van der Waals surface area contributed by atoms with Crippen LogP contribution in [0.2, 0.25) is 0 Å². The highest BCUT2D eigenvalue weighted by atomic mass is 127. The number of methoxy groups -OCH3 is 1. The van der Waals surface area contributed by atoms with Crippen LogP contribution in [0.1, 0.15) is 48.9 Å². The highest BCUT2D eigenvalue weighted by Gasteiger charge is 2.36. The zero-order valence-electron chi connectivity index (χ0n) is 19.9. The van der Waals surface area contributed by atoms with Crippen LogP contribution in [0.25, 0.3) is 5.69 Å². The summed E-state index contributed by atoms with van der Waals surface area (Å²) in [7, 11) is 3.55. The summed E-state index contributed by atoms with van der Waals surface area (Å²) < 4.78 is 6.93. The molecule has 1 aromatic heterocycles. The number of halogens is 1. The fourth-order valence-corrected chi connectivity index (χ4v) is 4.12. The Morgan fingerprint density at radius 3 is 2.61 bits per heavy atom. The molecule has 1 aromatic carbocycles. The third kappa shape index (κ3) is 6.84. The van der Waals surface area contributed by atoms with E-state index in [9.17, 15) is 5.26 Å². The van der Waals surface area contributed by atoms with Gasteiger partial charge in [0.1, 0.15) is 17.5 Å². The van der Waals surface area contributed by atoms with Crippen LogP contribution in [-0.2, 0) is 11.2 Å². The molecule has 4 N–H and O–H groups in total. The number of ether oxygens (including phenoxy) is 1. The average Bonchev–Trinajstić information content (AvgIpc) is 3.09. The number of aryl methyl sites for hydroxylation is 2. The molecule has 0 unspecified atom stereocenters. The van der Waals surface area contributed by atoms with Crippen molar-refractivity contribution in [3.05, 3.63) is 41.1 Å². The maximum absolute atomic E-state index is 9.59. The number of guanidine groups is 1.